The Hall–Kier alpha value is -0.0800. The summed E-state index contributed by atoms with van der Waals surface area (Å²) >= 11 is 0. The minimum absolute atomic E-state index is 0.795. The molecule has 13 heavy (non-hydrogen) atoms. The lowest BCUT2D eigenvalue weighted by Gasteiger charge is -2.30. The lowest BCUT2D eigenvalue weighted by atomic mass is 10.1. The molecule has 1 fully saturated rings. The van der Waals surface area contributed by atoms with Gasteiger partial charge in [0.1, 0.15) is 0 Å². The number of nitrogens with one attached hydrogen (secondary N) is 1. The summed E-state index contributed by atoms with van der Waals surface area (Å²) in [5.74, 6) is 0. The van der Waals surface area contributed by atoms with Gasteiger partial charge in [-0.3, -0.25) is 0 Å². The van der Waals surface area contributed by atoms with Crippen LogP contribution in [0.1, 0.15) is 39.5 Å². The van der Waals surface area contributed by atoms with Crippen molar-refractivity contribution in [2.45, 2.75) is 45.6 Å². The van der Waals surface area contributed by atoms with Crippen molar-refractivity contribution in [3.63, 3.8) is 0 Å². The van der Waals surface area contributed by atoms with Gasteiger partial charge in [-0.1, -0.05) is 13.3 Å². The fraction of sp³-hybridized carbons (Fsp3) is 1.00. The predicted octanol–water partition coefficient (Wildman–Crippen LogP) is 1.86. The number of hydrogen-bond acceptors (Lipinski definition) is 2. The molecule has 78 valence electrons. The Morgan fingerprint density at radius 2 is 1.85 bits per heavy atom. The molecule has 1 aliphatic rings. The second-order valence-electron chi connectivity index (χ2n) is 4.13. The van der Waals surface area contributed by atoms with E-state index in [1.165, 1.54) is 51.9 Å². The number of nitrogens with zero attached hydrogens (tertiary/aromatic N) is 1. The smallest absolute Gasteiger partial charge is 0.00668 e. The third-order valence-corrected chi connectivity index (χ3v) is 2.93. The summed E-state index contributed by atoms with van der Waals surface area (Å²) in [5, 5.41) is 3.45. The molecule has 0 radical (unpaired) electrons. The quantitative estimate of drug-likeness (QED) is 0.720. The highest BCUT2D eigenvalue weighted by Crippen LogP contribution is 2.08. The molecule has 0 spiro atoms. The van der Waals surface area contributed by atoms with Crippen LogP contribution in [-0.4, -0.2) is 37.1 Å². The molecule has 0 amide bonds. The average Bonchev–Trinajstić information content (AvgIpc) is 2.03. The van der Waals surface area contributed by atoms with Gasteiger partial charge in [0.2, 0.25) is 0 Å². The van der Waals surface area contributed by atoms with Gasteiger partial charge in [0.15, 0.2) is 0 Å². The summed E-state index contributed by atoms with van der Waals surface area (Å²) in [7, 11) is 0. The first-order valence-corrected chi connectivity index (χ1v) is 5.79. The zero-order valence-electron chi connectivity index (χ0n) is 9.18. The van der Waals surface area contributed by atoms with E-state index in [1.54, 1.807) is 0 Å². The maximum absolute atomic E-state index is 3.45. The SMILES string of the molecule is CCCC(C)N1CCCNCCC1. The molecule has 2 nitrogen and oxygen atoms in total. The Bertz CT molecular complexity index is 117. The van der Waals surface area contributed by atoms with Gasteiger partial charge < -0.3 is 10.2 Å². The molecule has 2 heteroatoms. The molecule has 0 aromatic carbocycles. The Kier molecular flexibility index (Phi) is 5.40. The van der Waals surface area contributed by atoms with Crippen molar-refractivity contribution in [3.05, 3.63) is 0 Å². The molecule has 0 aliphatic carbocycles. The molecule has 1 aliphatic heterocycles. The fourth-order valence-electron chi connectivity index (χ4n) is 2.09. The highest BCUT2D eigenvalue weighted by Gasteiger charge is 2.13. The van der Waals surface area contributed by atoms with Gasteiger partial charge in [-0.2, -0.15) is 0 Å². The van der Waals surface area contributed by atoms with E-state index in [1.807, 2.05) is 0 Å². The minimum Gasteiger partial charge on any atom is -0.317 e. The van der Waals surface area contributed by atoms with Gasteiger partial charge >= 0.3 is 0 Å². The van der Waals surface area contributed by atoms with E-state index >= 15 is 0 Å². The first kappa shape index (κ1) is 11.0. The van der Waals surface area contributed by atoms with Crippen molar-refractivity contribution in [1.82, 2.24) is 10.2 Å². The van der Waals surface area contributed by atoms with Crippen LogP contribution in [0.2, 0.25) is 0 Å². The minimum atomic E-state index is 0.795. The van der Waals surface area contributed by atoms with E-state index in [0.29, 0.717) is 0 Å². The van der Waals surface area contributed by atoms with Gasteiger partial charge in [0, 0.05) is 6.04 Å². The standard InChI is InChI=1S/C11H24N2/c1-3-6-11(2)13-9-4-7-12-8-5-10-13/h11-12H,3-10H2,1-2H3. The van der Waals surface area contributed by atoms with Crippen LogP contribution in [0.3, 0.4) is 0 Å². The van der Waals surface area contributed by atoms with Crippen molar-refractivity contribution >= 4 is 0 Å². The van der Waals surface area contributed by atoms with Crippen LogP contribution in [0, 0.1) is 0 Å². The van der Waals surface area contributed by atoms with Crippen LogP contribution >= 0.6 is 0 Å². The Labute approximate surface area is 82.7 Å². The molecule has 1 N–H and O–H groups in total. The van der Waals surface area contributed by atoms with Gasteiger partial charge in [0.05, 0.1) is 0 Å². The summed E-state index contributed by atoms with van der Waals surface area (Å²) in [6, 6.07) is 0.795. The average molecular weight is 184 g/mol. The lowest BCUT2D eigenvalue weighted by Crippen LogP contribution is -2.39. The van der Waals surface area contributed by atoms with Crippen LogP contribution in [-0.2, 0) is 0 Å². The van der Waals surface area contributed by atoms with E-state index in [4.69, 9.17) is 0 Å². The van der Waals surface area contributed by atoms with E-state index < -0.39 is 0 Å². The summed E-state index contributed by atoms with van der Waals surface area (Å²) in [6.45, 7) is 9.63. The molecular formula is C11H24N2. The molecule has 1 unspecified atom stereocenters. The second-order valence-corrected chi connectivity index (χ2v) is 4.13. The van der Waals surface area contributed by atoms with Crippen molar-refractivity contribution in [2.75, 3.05) is 26.2 Å². The van der Waals surface area contributed by atoms with Crippen LogP contribution in [0.15, 0.2) is 0 Å². The molecule has 1 heterocycles. The summed E-state index contributed by atoms with van der Waals surface area (Å²) in [5.41, 5.74) is 0. The summed E-state index contributed by atoms with van der Waals surface area (Å²) in [4.78, 5) is 2.66. The molecule has 0 saturated carbocycles. The van der Waals surface area contributed by atoms with Crippen molar-refractivity contribution < 1.29 is 0 Å². The van der Waals surface area contributed by atoms with Crippen LogP contribution < -0.4 is 5.32 Å². The molecule has 0 bridgehead atoms. The number of hydrogen-bond donors (Lipinski definition) is 1. The molecule has 1 atom stereocenters. The lowest BCUT2D eigenvalue weighted by molar-refractivity contribution is 0.185. The van der Waals surface area contributed by atoms with Gasteiger partial charge in [-0.25, -0.2) is 0 Å². The predicted molar refractivity (Wildman–Crippen MR) is 58.0 cm³/mol. The van der Waals surface area contributed by atoms with Crippen molar-refractivity contribution in [2.24, 2.45) is 0 Å². The van der Waals surface area contributed by atoms with E-state index in [2.05, 4.69) is 24.1 Å². The Balaban J connectivity index is 2.27. The fourth-order valence-corrected chi connectivity index (χ4v) is 2.09. The first-order valence-electron chi connectivity index (χ1n) is 5.79. The molecule has 0 aromatic heterocycles. The normalized spacial score (nSPS) is 23.5. The number of rotatable bonds is 3. The van der Waals surface area contributed by atoms with Crippen LogP contribution in [0.25, 0.3) is 0 Å². The Morgan fingerprint density at radius 1 is 1.23 bits per heavy atom. The van der Waals surface area contributed by atoms with Crippen LogP contribution in [0.4, 0.5) is 0 Å². The molecule has 0 aromatic rings. The summed E-state index contributed by atoms with van der Waals surface area (Å²) < 4.78 is 0. The monoisotopic (exact) mass is 184 g/mol. The first-order chi connectivity index (χ1) is 6.34. The third-order valence-electron chi connectivity index (χ3n) is 2.93. The largest absolute Gasteiger partial charge is 0.317 e. The van der Waals surface area contributed by atoms with Gasteiger partial charge in [-0.15, -0.1) is 0 Å². The van der Waals surface area contributed by atoms with Gasteiger partial charge in [-0.05, 0) is 52.4 Å². The van der Waals surface area contributed by atoms with Gasteiger partial charge in [0.25, 0.3) is 0 Å². The second kappa shape index (κ2) is 6.39. The highest BCUT2D eigenvalue weighted by atomic mass is 15.2. The summed E-state index contributed by atoms with van der Waals surface area (Å²) in [6.07, 6.45) is 5.30. The van der Waals surface area contributed by atoms with Crippen LogP contribution in [0.5, 0.6) is 0 Å². The third kappa shape index (κ3) is 4.10. The van der Waals surface area contributed by atoms with Crippen molar-refractivity contribution in [1.29, 1.82) is 0 Å². The molecule has 1 rings (SSSR count). The zero-order chi connectivity index (χ0) is 9.52. The topological polar surface area (TPSA) is 15.3 Å². The Morgan fingerprint density at radius 3 is 2.38 bits per heavy atom. The zero-order valence-corrected chi connectivity index (χ0v) is 9.18. The highest BCUT2D eigenvalue weighted by molar-refractivity contribution is 4.70. The maximum atomic E-state index is 3.45. The maximum Gasteiger partial charge on any atom is 0.00668 e. The molecular weight excluding hydrogens is 160 g/mol. The van der Waals surface area contributed by atoms with E-state index in [-0.39, 0.29) is 0 Å². The van der Waals surface area contributed by atoms with E-state index in [0.717, 1.165) is 6.04 Å². The van der Waals surface area contributed by atoms with Crippen molar-refractivity contribution in [3.8, 4) is 0 Å². The molecule has 1 saturated heterocycles. The van der Waals surface area contributed by atoms with E-state index in [9.17, 15) is 0 Å².